The number of halogens is 3. The van der Waals surface area contributed by atoms with Crippen LogP contribution in [0.15, 0.2) is 16.6 Å². The average Bonchev–Trinajstić information content (AvgIpc) is 2.24. The molecule has 0 spiro atoms. The molecule has 0 unspecified atom stereocenters. The summed E-state index contributed by atoms with van der Waals surface area (Å²) in [6.45, 7) is 3.95. The zero-order valence-electron chi connectivity index (χ0n) is 10.1. The summed E-state index contributed by atoms with van der Waals surface area (Å²) in [6.07, 6.45) is 0.524. The van der Waals surface area contributed by atoms with Gasteiger partial charge in [-0.2, -0.15) is 4.39 Å². The van der Waals surface area contributed by atoms with Gasteiger partial charge in [-0.05, 0) is 18.6 Å². The van der Waals surface area contributed by atoms with Crippen LogP contribution in [-0.4, -0.2) is 11.6 Å². The van der Waals surface area contributed by atoms with Crippen LogP contribution in [0.4, 0.5) is 8.78 Å². The van der Waals surface area contributed by atoms with Crippen LogP contribution in [0.5, 0.6) is 5.75 Å². The van der Waals surface area contributed by atoms with Gasteiger partial charge in [0, 0.05) is 9.89 Å². The molecule has 0 amide bonds. The Bertz CT molecular complexity index is 466. The fourth-order valence-electron chi connectivity index (χ4n) is 1.18. The van der Waals surface area contributed by atoms with Gasteiger partial charge in [-0.15, -0.1) is 0 Å². The molecule has 0 atom stereocenters. The number of ether oxygens (including phenoxy) is 1. The van der Waals surface area contributed by atoms with Gasteiger partial charge in [0.15, 0.2) is 11.6 Å². The number of rotatable bonds is 5. The van der Waals surface area contributed by atoms with Gasteiger partial charge in [0.05, 0.1) is 11.6 Å². The lowest BCUT2D eigenvalue weighted by Crippen LogP contribution is -2.31. The summed E-state index contributed by atoms with van der Waals surface area (Å²) in [4.78, 5) is 0.368. The molecule has 0 aliphatic rings. The molecule has 18 heavy (non-hydrogen) atoms. The number of hydrogen-bond acceptors (Lipinski definition) is 2. The van der Waals surface area contributed by atoms with Gasteiger partial charge >= 0.3 is 0 Å². The molecule has 0 radical (unpaired) electrons. The Morgan fingerprint density at radius 1 is 1.44 bits per heavy atom. The van der Waals surface area contributed by atoms with Crippen molar-refractivity contribution in [2.75, 3.05) is 6.61 Å². The normalized spacial score (nSPS) is 11.4. The quantitative estimate of drug-likeness (QED) is 0.655. The minimum Gasteiger partial charge on any atom is -0.490 e. The first-order valence-corrected chi connectivity index (χ1v) is 6.51. The van der Waals surface area contributed by atoms with Crippen molar-refractivity contribution in [3.63, 3.8) is 0 Å². The third kappa shape index (κ3) is 3.88. The van der Waals surface area contributed by atoms with E-state index in [1.807, 2.05) is 13.8 Å². The SMILES string of the molecule is CC(C)(CCOc1cc(Br)cc(F)c1F)C(N)=S. The van der Waals surface area contributed by atoms with Gasteiger partial charge in [-0.3, -0.25) is 0 Å². The molecular formula is C12H14BrF2NOS. The lowest BCUT2D eigenvalue weighted by atomic mass is 9.90. The summed E-state index contributed by atoms with van der Waals surface area (Å²) in [6, 6.07) is 2.42. The van der Waals surface area contributed by atoms with Crippen molar-refractivity contribution in [1.82, 2.24) is 0 Å². The van der Waals surface area contributed by atoms with E-state index in [-0.39, 0.29) is 17.8 Å². The van der Waals surface area contributed by atoms with Gasteiger partial charge < -0.3 is 10.5 Å². The molecule has 100 valence electrons. The smallest absolute Gasteiger partial charge is 0.200 e. The minimum absolute atomic E-state index is 0.124. The van der Waals surface area contributed by atoms with Gasteiger partial charge in [0.2, 0.25) is 5.82 Å². The molecule has 1 aromatic carbocycles. The molecule has 6 heteroatoms. The molecule has 1 aromatic rings. The molecule has 2 N–H and O–H groups in total. The van der Waals surface area contributed by atoms with E-state index >= 15 is 0 Å². The van der Waals surface area contributed by atoms with E-state index in [1.165, 1.54) is 6.07 Å². The molecule has 2 nitrogen and oxygen atoms in total. The number of hydrogen-bond donors (Lipinski definition) is 1. The standard InChI is InChI=1S/C12H14BrF2NOS/c1-12(2,11(16)18)3-4-17-9-6-7(13)5-8(14)10(9)15/h5-6H,3-4H2,1-2H3,(H2,16,18). The van der Waals surface area contributed by atoms with Gasteiger partial charge in [-0.25, -0.2) is 4.39 Å². The first-order chi connectivity index (χ1) is 8.24. The topological polar surface area (TPSA) is 35.2 Å². The lowest BCUT2D eigenvalue weighted by molar-refractivity contribution is 0.256. The highest BCUT2D eigenvalue weighted by molar-refractivity contribution is 9.10. The van der Waals surface area contributed by atoms with E-state index in [9.17, 15) is 8.78 Å². The molecule has 0 bridgehead atoms. The zero-order valence-corrected chi connectivity index (χ0v) is 12.5. The van der Waals surface area contributed by atoms with Crippen molar-refractivity contribution in [3.05, 3.63) is 28.2 Å². The highest BCUT2D eigenvalue weighted by Crippen LogP contribution is 2.27. The number of thiocarbonyl (C=S) groups is 1. The van der Waals surface area contributed by atoms with E-state index < -0.39 is 11.6 Å². The van der Waals surface area contributed by atoms with Gasteiger partial charge in [-0.1, -0.05) is 42.0 Å². The maximum atomic E-state index is 13.4. The van der Waals surface area contributed by atoms with E-state index in [2.05, 4.69) is 15.9 Å². The maximum absolute atomic E-state index is 13.4. The van der Waals surface area contributed by atoms with Crippen molar-refractivity contribution in [1.29, 1.82) is 0 Å². The zero-order chi connectivity index (χ0) is 13.9. The number of benzene rings is 1. The third-order valence-electron chi connectivity index (χ3n) is 2.61. The lowest BCUT2D eigenvalue weighted by Gasteiger charge is -2.22. The first kappa shape index (κ1) is 15.3. The van der Waals surface area contributed by atoms with Crippen LogP contribution in [0.25, 0.3) is 0 Å². The maximum Gasteiger partial charge on any atom is 0.200 e. The second-order valence-electron chi connectivity index (χ2n) is 4.55. The Labute approximate surface area is 119 Å². The summed E-state index contributed by atoms with van der Waals surface area (Å²) in [5, 5.41) is 0. The van der Waals surface area contributed by atoms with E-state index in [0.717, 1.165) is 6.07 Å². The first-order valence-electron chi connectivity index (χ1n) is 5.31. The van der Waals surface area contributed by atoms with Crippen LogP contribution < -0.4 is 10.5 Å². The van der Waals surface area contributed by atoms with Crippen molar-refractivity contribution >= 4 is 33.1 Å². The van der Waals surface area contributed by atoms with E-state index in [4.69, 9.17) is 22.7 Å². The van der Waals surface area contributed by atoms with Crippen LogP contribution in [0.3, 0.4) is 0 Å². The molecular weight excluding hydrogens is 324 g/mol. The van der Waals surface area contributed by atoms with E-state index in [0.29, 0.717) is 15.9 Å². The van der Waals surface area contributed by atoms with Crippen LogP contribution in [0, 0.1) is 17.0 Å². The Morgan fingerprint density at radius 2 is 2.06 bits per heavy atom. The fourth-order valence-corrected chi connectivity index (χ4v) is 1.69. The van der Waals surface area contributed by atoms with Crippen molar-refractivity contribution in [2.24, 2.45) is 11.1 Å². The van der Waals surface area contributed by atoms with Crippen LogP contribution in [0.1, 0.15) is 20.3 Å². The van der Waals surface area contributed by atoms with Gasteiger partial charge in [0.1, 0.15) is 0 Å². The van der Waals surface area contributed by atoms with Crippen LogP contribution >= 0.6 is 28.1 Å². The average molecular weight is 338 g/mol. The molecule has 0 aromatic heterocycles. The fraction of sp³-hybridized carbons (Fsp3) is 0.417. The molecule has 0 aliphatic heterocycles. The van der Waals surface area contributed by atoms with Gasteiger partial charge in [0.25, 0.3) is 0 Å². The van der Waals surface area contributed by atoms with Crippen molar-refractivity contribution in [3.8, 4) is 5.75 Å². The van der Waals surface area contributed by atoms with Crippen molar-refractivity contribution < 1.29 is 13.5 Å². The third-order valence-corrected chi connectivity index (χ3v) is 3.62. The molecule has 0 fully saturated rings. The summed E-state index contributed by atoms with van der Waals surface area (Å²) < 4.78 is 32.1. The predicted molar refractivity (Wildman–Crippen MR) is 74.7 cm³/mol. The summed E-state index contributed by atoms with van der Waals surface area (Å²) in [5.74, 6) is -2.07. The molecule has 0 saturated heterocycles. The molecule has 1 rings (SSSR count). The molecule has 0 heterocycles. The Morgan fingerprint density at radius 3 is 2.61 bits per heavy atom. The molecule has 0 saturated carbocycles. The van der Waals surface area contributed by atoms with E-state index in [1.54, 1.807) is 0 Å². The molecule has 0 aliphatic carbocycles. The summed E-state index contributed by atoms with van der Waals surface area (Å²) in [5.41, 5.74) is 5.18. The summed E-state index contributed by atoms with van der Waals surface area (Å²) >= 11 is 7.98. The Kier molecular flexibility index (Phi) is 5.04. The largest absolute Gasteiger partial charge is 0.490 e. The Hall–Kier alpha value is -0.750. The second-order valence-corrected chi connectivity index (χ2v) is 5.90. The highest BCUT2D eigenvalue weighted by atomic mass is 79.9. The monoisotopic (exact) mass is 337 g/mol. The predicted octanol–water partition coefficient (Wildman–Crippen LogP) is 3.81. The summed E-state index contributed by atoms with van der Waals surface area (Å²) in [7, 11) is 0. The van der Waals surface area contributed by atoms with Crippen LogP contribution in [-0.2, 0) is 0 Å². The Balaban J connectivity index is 2.68. The second kappa shape index (κ2) is 5.93. The van der Waals surface area contributed by atoms with Crippen molar-refractivity contribution in [2.45, 2.75) is 20.3 Å². The number of nitrogens with two attached hydrogens (primary N) is 1. The highest BCUT2D eigenvalue weighted by Gasteiger charge is 2.21. The minimum atomic E-state index is -0.994. The van der Waals surface area contributed by atoms with Crippen LogP contribution in [0.2, 0.25) is 0 Å².